The highest BCUT2D eigenvalue weighted by atomic mass is 79.9. The lowest BCUT2D eigenvalue weighted by Gasteiger charge is -2.17. The molecule has 1 aromatic heterocycles. The molecule has 0 aliphatic heterocycles. The van der Waals surface area contributed by atoms with Crippen molar-refractivity contribution in [1.82, 2.24) is 14.9 Å². The second kappa shape index (κ2) is 6.74. The summed E-state index contributed by atoms with van der Waals surface area (Å²) in [7, 11) is 0. The van der Waals surface area contributed by atoms with Gasteiger partial charge in [-0.1, -0.05) is 24.3 Å². The molecule has 0 aliphatic rings. The lowest BCUT2D eigenvalue weighted by molar-refractivity contribution is -0.122. The minimum Gasteiger partial charge on any atom is -0.348 e. The van der Waals surface area contributed by atoms with Crippen molar-refractivity contribution < 1.29 is 4.79 Å². The number of carbonyl (C=O) groups excluding carboxylic acids is 1. The van der Waals surface area contributed by atoms with E-state index < -0.39 is 11.2 Å². The van der Waals surface area contributed by atoms with E-state index >= 15 is 0 Å². The molecule has 0 bridgehead atoms. The van der Waals surface area contributed by atoms with Gasteiger partial charge in [-0.3, -0.25) is 19.1 Å². The maximum atomic E-state index is 12.1. The molecular formula is C15H16BrN3O3. The van der Waals surface area contributed by atoms with Crippen LogP contribution in [0.15, 0.2) is 44.5 Å². The highest BCUT2D eigenvalue weighted by molar-refractivity contribution is 9.10. The monoisotopic (exact) mass is 365 g/mol. The number of aryl methyl sites for hydroxylation is 1. The molecule has 0 aliphatic carbocycles. The zero-order valence-corrected chi connectivity index (χ0v) is 13.8. The Morgan fingerprint density at radius 2 is 2.05 bits per heavy atom. The van der Waals surface area contributed by atoms with Gasteiger partial charge in [-0.2, -0.15) is 0 Å². The summed E-state index contributed by atoms with van der Waals surface area (Å²) < 4.78 is 1.35. The van der Waals surface area contributed by atoms with E-state index in [1.54, 1.807) is 0 Å². The number of halogens is 1. The van der Waals surface area contributed by atoms with Crippen LogP contribution in [0.1, 0.15) is 24.1 Å². The first-order chi connectivity index (χ1) is 10.4. The molecule has 1 aromatic carbocycles. The molecule has 2 aromatic rings. The molecule has 116 valence electrons. The SMILES string of the molecule is Cc1ccccc1C(C)NC(=O)Cn1cc(Br)c(=O)[nH]c1=O. The van der Waals surface area contributed by atoms with Gasteiger partial charge >= 0.3 is 5.69 Å². The number of hydrogen-bond acceptors (Lipinski definition) is 3. The Morgan fingerprint density at radius 1 is 1.36 bits per heavy atom. The first-order valence-corrected chi connectivity index (χ1v) is 7.52. The number of benzene rings is 1. The predicted octanol–water partition coefficient (Wildman–Crippen LogP) is 1.48. The lowest BCUT2D eigenvalue weighted by atomic mass is 10.0. The number of aromatic nitrogens is 2. The van der Waals surface area contributed by atoms with Crippen LogP contribution >= 0.6 is 15.9 Å². The number of aromatic amines is 1. The quantitative estimate of drug-likeness (QED) is 0.860. The summed E-state index contributed by atoms with van der Waals surface area (Å²) in [5.74, 6) is -0.309. The first-order valence-electron chi connectivity index (χ1n) is 6.72. The van der Waals surface area contributed by atoms with E-state index in [1.807, 2.05) is 38.1 Å². The fourth-order valence-electron chi connectivity index (χ4n) is 2.19. The number of carbonyl (C=O) groups is 1. The van der Waals surface area contributed by atoms with Crippen LogP contribution in [0, 0.1) is 6.92 Å². The number of nitrogens with zero attached hydrogens (tertiary/aromatic N) is 1. The molecule has 1 unspecified atom stereocenters. The standard InChI is InChI=1S/C15H16BrN3O3/c1-9-5-3-4-6-11(9)10(2)17-13(20)8-19-7-12(16)14(21)18-15(19)22/h3-7,10H,8H2,1-2H3,(H,17,20)(H,18,21,22). The van der Waals surface area contributed by atoms with Crippen molar-refractivity contribution in [2.24, 2.45) is 0 Å². The van der Waals surface area contributed by atoms with Crippen molar-refractivity contribution in [2.45, 2.75) is 26.4 Å². The summed E-state index contributed by atoms with van der Waals surface area (Å²) in [4.78, 5) is 37.1. The van der Waals surface area contributed by atoms with Gasteiger partial charge in [0.2, 0.25) is 5.91 Å². The zero-order valence-electron chi connectivity index (χ0n) is 12.2. The number of amides is 1. The largest absolute Gasteiger partial charge is 0.348 e. The van der Waals surface area contributed by atoms with Crippen LogP contribution in [0.5, 0.6) is 0 Å². The Kier molecular flexibility index (Phi) is 4.97. The van der Waals surface area contributed by atoms with Crippen LogP contribution in [-0.2, 0) is 11.3 Å². The van der Waals surface area contributed by atoms with Crippen LogP contribution in [0.2, 0.25) is 0 Å². The molecule has 7 heteroatoms. The van der Waals surface area contributed by atoms with Crippen LogP contribution in [0.4, 0.5) is 0 Å². The van der Waals surface area contributed by atoms with Gasteiger partial charge in [-0.15, -0.1) is 0 Å². The smallest absolute Gasteiger partial charge is 0.328 e. The maximum Gasteiger partial charge on any atom is 0.328 e. The minimum atomic E-state index is -0.619. The van der Waals surface area contributed by atoms with Crippen LogP contribution < -0.4 is 16.6 Å². The van der Waals surface area contributed by atoms with Gasteiger partial charge in [0.15, 0.2) is 0 Å². The lowest BCUT2D eigenvalue weighted by Crippen LogP contribution is -2.36. The van der Waals surface area contributed by atoms with Crippen molar-refractivity contribution >= 4 is 21.8 Å². The van der Waals surface area contributed by atoms with E-state index in [4.69, 9.17) is 0 Å². The fraction of sp³-hybridized carbons (Fsp3) is 0.267. The molecule has 1 atom stereocenters. The van der Waals surface area contributed by atoms with Crippen molar-refractivity contribution in [3.63, 3.8) is 0 Å². The number of hydrogen-bond donors (Lipinski definition) is 2. The van der Waals surface area contributed by atoms with Gasteiger partial charge in [-0.05, 0) is 40.9 Å². The summed E-state index contributed by atoms with van der Waals surface area (Å²) in [6.45, 7) is 3.69. The van der Waals surface area contributed by atoms with Crippen molar-refractivity contribution in [1.29, 1.82) is 0 Å². The zero-order chi connectivity index (χ0) is 16.3. The Morgan fingerprint density at radius 3 is 2.73 bits per heavy atom. The molecule has 0 saturated heterocycles. The normalized spacial score (nSPS) is 12.0. The average molecular weight is 366 g/mol. The van der Waals surface area contributed by atoms with Gasteiger partial charge in [0, 0.05) is 6.20 Å². The molecule has 1 amide bonds. The molecule has 6 nitrogen and oxygen atoms in total. The van der Waals surface area contributed by atoms with E-state index in [2.05, 4.69) is 26.2 Å². The molecule has 2 rings (SSSR count). The predicted molar refractivity (Wildman–Crippen MR) is 86.8 cm³/mol. The topological polar surface area (TPSA) is 84.0 Å². The van der Waals surface area contributed by atoms with E-state index in [9.17, 15) is 14.4 Å². The van der Waals surface area contributed by atoms with E-state index in [1.165, 1.54) is 6.20 Å². The molecule has 0 radical (unpaired) electrons. The highest BCUT2D eigenvalue weighted by Gasteiger charge is 2.13. The Bertz CT molecular complexity index is 810. The molecular weight excluding hydrogens is 350 g/mol. The third-order valence-corrected chi connectivity index (χ3v) is 3.88. The highest BCUT2D eigenvalue weighted by Crippen LogP contribution is 2.16. The number of rotatable bonds is 4. The third kappa shape index (κ3) is 3.73. The van der Waals surface area contributed by atoms with Crippen molar-refractivity contribution in [2.75, 3.05) is 0 Å². The molecule has 2 N–H and O–H groups in total. The number of nitrogens with one attached hydrogen (secondary N) is 2. The summed E-state index contributed by atoms with van der Waals surface area (Å²) in [6.07, 6.45) is 1.30. The van der Waals surface area contributed by atoms with Gasteiger partial charge in [0.05, 0.1) is 10.5 Å². The second-order valence-electron chi connectivity index (χ2n) is 5.01. The van der Waals surface area contributed by atoms with Gasteiger partial charge < -0.3 is 5.32 Å². The van der Waals surface area contributed by atoms with Crippen LogP contribution in [0.25, 0.3) is 0 Å². The summed E-state index contributed by atoms with van der Waals surface area (Å²) in [6, 6.07) is 7.60. The Balaban J connectivity index is 2.11. The molecule has 1 heterocycles. The number of H-pyrrole nitrogens is 1. The second-order valence-corrected chi connectivity index (χ2v) is 5.86. The van der Waals surface area contributed by atoms with E-state index in [-0.39, 0.29) is 23.0 Å². The van der Waals surface area contributed by atoms with Crippen LogP contribution in [0.3, 0.4) is 0 Å². The van der Waals surface area contributed by atoms with E-state index in [0.29, 0.717) is 0 Å². The molecule has 22 heavy (non-hydrogen) atoms. The van der Waals surface area contributed by atoms with Gasteiger partial charge in [-0.25, -0.2) is 4.79 Å². The summed E-state index contributed by atoms with van der Waals surface area (Å²) >= 11 is 3.03. The van der Waals surface area contributed by atoms with E-state index in [0.717, 1.165) is 15.7 Å². The fourth-order valence-corrected chi connectivity index (χ4v) is 2.54. The minimum absolute atomic E-state index is 0.162. The third-order valence-electron chi connectivity index (χ3n) is 3.31. The molecule has 0 spiro atoms. The summed E-state index contributed by atoms with van der Waals surface area (Å²) in [5.41, 5.74) is 0.965. The van der Waals surface area contributed by atoms with Crippen molar-refractivity contribution in [3.8, 4) is 0 Å². The molecule has 0 saturated carbocycles. The maximum absolute atomic E-state index is 12.1. The molecule has 0 fully saturated rings. The van der Waals surface area contributed by atoms with Crippen LogP contribution in [-0.4, -0.2) is 15.5 Å². The van der Waals surface area contributed by atoms with Gasteiger partial charge in [0.1, 0.15) is 6.54 Å². The average Bonchev–Trinajstić information content (AvgIpc) is 2.45. The Hall–Kier alpha value is -2.15. The van der Waals surface area contributed by atoms with Crippen molar-refractivity contribution in [3.05, 3.63) is 66.9 Å². The summed E-state index contributed by atoms with van der Waals surface area (Å²) in [5, 5.41) is 2.84. The van der Waals surface area contributed by atoms with Gasteiger partial charge in [0.25, 0.3) is 5.56 Å². The first kappa shape index (κ1) is 16.2. The Labute approximate surface area is 135 Å².